The van der Waals surface area contributed by atoms with E-state index in [-0.39, 0.29) is 36.5 Å². The number of hydrogen-bond donors (Lipinski definition) is 1. The maximum absolute atomic E-state index is 11.8. The molecule has 1 unspecified atom stereocenters. The first-order valence-electron chi connectivity index (χ1n) is 4.70. The Hall–Kier alpha value is -1.75. The number of amides is 2. The number of aromatic nitrogens is 1. The summed E-state index contributed by atoms with van der Waals surface area (Å²) in [6.07, 6.45) is 1.76. The van der Waals surface area contributed by atoms with E-state index in [0.717, 1.165) is 4.90 Å². The predicted molar refractivity (Wildman–Crippen MR) is 52.9 cm³/mol. The van der Waals surface area contributed by atoms with Crippen LogP contribution in [0, 0.1) is 0 Å². The fourth-order valence-electron chi connectivity index (χ4n) is 1.56. The second-order valence-corrected chi connectivity index (χ2v) is 3.49. The molecule has 2 heterocycles. The SMILES string of the molecule is NC1CC(=O)N(C(=O)c2ccccn2)C1. The summed E-state index contributed by atoms with van der Waals surface area (Å²) in [6, 6.07) is 4.76. The number of imide groups is 1. The maximum Gasteiger partial charge on any atom is 0.279 e. The van der Waals surface area contributed by atoms with Gasteiger partial charge >= 0.3 is 0 Å². The first-order valence-corrected chi connectivity index (χ1v) is 4.70. The van der Waals surface area contributed by atoms with Gasteiger partial charge in [-0.05, 0) is 12.1 Å². The van der Waals surface area contributed by atoms with Crippen LogP contribution in [0.3, 0.4) is 0 Å². The molecule has 1 aromatic heterocycles. The third-order valence-electron chi connectivity index (χ3n) is 2.28. The highest BCUT2D eigenvalue weighted by Gasteiger charge is 2.32. The summed E-state index contributed by atoms with van der Waals surface area (Å²) in [5.74, 6) is -0.591. The summed E-state index contributed by atoms with van der Waals surface area (Å²) in [6.45, 7) is 0.286. The minimum atomic E-state index is -0.367. The molecule has 5 nitrogen and oxygen atoms in total. The van der Waals surface area contributed by atoms with Gasteiger partial charge in [-0.3, -0.25) is 19.5 Å². The van der Waals surface area contributed by atoms with Crippen molar-refractivity contribution in [2.75, 3.05) is 6.54 Å². The molecular weight excluding hydrogens is 194 g/mol. The second kappa shape index (κ2) is 3.78. The van der Waals surface area contributed by atoms with Crippen LogP contribution in [0.4, 0.5) is 0 Å². The Bertz CT molecular complexity index is 391. The van der Waals surface area contributed by atoms with Crippen LogP contribution in [0.2, 0.25) is 0 Å². The van der Waals surface area contributed by atoms with Crippen molar-refractivity contribution in [3.05, 3.63) is 30.1 Å². The lowest BCUT2D eigenvalue weighted by atomic mass is 10.3. The van der Waals surface area contributed by atoms with Crippen LogP contribution in [-0.4, -0.2) is 34.3 Å². The molecule has 2 rings (SSSR count). The molecule has 0 aromatic carbocycles. The van der Waals surface area contributed by atoms with E-state index >= 15 is 0 Å². The van der Waals surface area contributed by atoms with Crippen molar-refractivity contribution in [2.45, 2.75) is 12.5 Å². The summed E-state index contributed by atoms with van der Waals surface area (Å²) >= 11 is 0. The molecule has 5 heteroatoms. The van der Waals surface area contributed by atoms with Crippen molar-refractivity contribution in [2.24, 2.45) is 5.73 Å². The van der Waals surface area contributed by atoms with Crippen LogP contribution >= 0.6 is 0 Å². The molecule has 2 N–H and O–H groups in total. The fourth-order valence-corrected chi connectivity index (χ4v) is 1.56. The third kappa shape index (κ3) is 1.87. The van der Waals surface area contributed by atoms with Crippen LogP contribution < -0.4 is 5.73 Å². The molecule has 0 aliphatic carbocycles. The Labute approximate surface area is 86.9 Å². The molecule has 2 amide bonds. The number of likely N-dealkylation sites (tertiary alicyclic amines) is 1. The van der Waals surface area contributed by atoms with Crippen LogP contribution in [0.15, 0.2) is 24.4 Å². The van der Waals surface area contributed by atoms with Gasteiger partial charge in [-0.25, -0.2) is 0 Å². The van der Waals surface area contributed by atoms with Crippen molar-refractivity contribution < 1.29 is 9.59 Å². The van der Waals surface area contributed by atoms with Crippen LogP contribution in [0.25, 0.3) is 0 Å². The number of carbonyl (C=O) groups excluding carboxylic acids is 2. The van der Waals surface area contributed by atoms with E-state index in [2.05, 4.69) is 4.98 Å². The number of hydrogen-bond acceptors (Lipinski definition) is 4. The monoisotopic (exact) mass is 205 g/mol. The largest absolute Gasteiger partial charge is 0.326 e. The molecule has 15 heavy (non-hydrogen) atoms. The number of nitrogens with two attached hydrogens (primary N) is 1. The predicted octanol–water partition coefficient (Wildman–Crippen LogP) is -0.219. The van der Waals surface area contributed by atoms with Crippen molar-refractivity contribution in [3.8, 4) is 0 Å². The average Bonchev–Trinajstić information content (AvgIpc) is 2.58. The van der Waals surface area contributed by atoms with E-state index in [1.807, 2.05) is 0 Å². The highest BCUT2D eigenvalue weighted by Crippen LogP contribution is 2.12. The summed E-state index contributed by atoms with van der Waals surface area (Å²) < 4.78 is 0. The summed E-state index contributed by atoms with van der Waals surface area (Å²) in [5, 5.41) is 0. The summed E-state index contributed by atoms with van der Waals surface area (Å²) in [5.41, 5.74) is 5.87. The standard InChI is InChI=1S/C10H11N3O2/c11-7-5-9(14)13(6-7)10(15)8-3-1-2-4-12-8/h1-4,7H,5-6,11H2. The highest BCUT2D eigenvalue weighted by atomic mass is 16.2. The van der Waals surface area contributed by atoms with Gasteiger partial charge in [0.1, 0.15) is 5.69 Å². The fraction of sp³-hybridized carbons (Fsp3) is 0.300. The van der Waals surface area contributed by atoms with Gasteiger partial charge < -0.3 is 5.73 Å². The molecule has 0 saturated carbocycles. The van der Waals surface area contributed by atoms with E-state index in [4.69, 9.17) is 5.73 Å². The minimum Gasteiger partial charge on any atom is -0.326 e. The number of nitrogens with zero attached hydrogens (tertiary/aromatic N) is 2. The zero-order chi connectivity index (χ0) is 10.8. The Morgan fingerprint density at radius 1 is 1.53 bits per heavy atom. The van der Waals surface area contributed by atoms with E-state index in [9.17, 15) is 9.59 Å². The van der Waals surface area contributed by atoms with Gasteiger partial charge in [-0.2, -0.15) is 0 Å². The molecule has 1 atom stereocenters. The molecule has 0 radical (unpaired) electrons. The molecule has 1 fully saturated rings. The smallest absolute Gasteiger partial charge is 0.279 e. The van der Waals surface area contributed by atoms with Crippen molar-refractivity contribution in [1.82, 2.24) is 9.88 Å². The molecule has 1 saturated heterocycles. The minimum absolute atomic E-state index is 0.224. The van der Waals surface area contributed by atoms with Crippen molar-refractivity contribution >= 4 is 11.8 Å². The van der Waals surface area contributed by atoms with E-state index < -0.39 is 0 Å². The molecule has 1 aliphatic rings. The summed E-state index contributed by atoms with van der Waals surface area (Å²) in [7, 11) is 0. The van der Waals surface area contributed by atoms with Gasteiger partial charge in [0.15, 0.2) is 0 Å². The maximum atomic E-state index is 11.8. The van der Waals surface area contributed by atoms with Gasteiger partial charge in [0.2, 0.25) is 5.91 Å². The first kappa shape index (κ1) is 9.79. The van der Waals surface area contributed by atoms with Crippen LogP contribution in [0.5, 0.6) is 0 Å². The highest BCUT2D eigenvalue weighted by molar-refractivity contribution is 6.04. The Morgan fingerprint density at radius 3 is 2.87 bits per heavy atom. The van der Waals surface area contributed by atoms with E-state index in [1.165, 1.54) is 6.20 Å². The molecule has 1 aliphatic heterocycles. The lowest BCUT2D eigenvalue weighted by Crippen LogP contribution is -2.34. The zero-order valence-corrected chi connectivity index (χ0v) is 8.09. The van der Waals surface area contributed by atoms with Crippen LogP contribution in [-0.2, 0) is 4.79 Å². The van der Waals surface area contributed by atoms with Crippen LogP contribution in [0.1, 0.15) is 16.9 Å². The number of pyridine rings is 1. The normalized spacial score (nSPS) is 20.7. The number of carbonyl (C=O) groups is 2. The molecular formula is C10H11N3O2. The molecule has 78 valence electrons. The van der Waals surface area contributed by atoms with Gasteiger partial charge in [0.25, 0.3) is 5.91 Å². The Balaban J connectivity index is 2.19. The van der Waals surface area contributed by atoms with Gasteiger partial charge in [-0.1, -0.05) is 6.07 Å². The third-order valence-corrected chi connectivity index (χ3v) is 2.28. The lowest BCUT2D eigenvalue weighted by Gasteiger charge is -2.12. The zero-order valence-electron chi connectivity index (χ0n) is 8.09. The number of rotatable bonds is 1. The van der Waals surface area contributed by atoms with Gasteiger partial charge in [0.05, 0.1) is 0 Å². The molecule has 0 bridgehead atoms. The topological polar surface area (TPSA) is 76.3 Å². The molecule has 1 aromatic rings. The average molecular weight is 205 g/mol. The van der Waals surface area contributed by atoms with Gasteiger partial charge in [0, 0.05) is 25.2 Å². The Morgan fingerprint density at radius 2 is 2.33 bits per heavy atom. The second-order valence-electron chi connectivity index (χ2n) is 3.49. The van der Waals surface area contributed by atoms with Gasteiger partial charge in [-0.15, -0.1) is 0 Å². The van der Waals surface area contributed by atoms with Crippen molar-refractivity contribution in [3.63, 3.8) is 0 Å². The quantitative estimate of drug-likeness (QED) is 0.643. The summed E-state index contributed by atoms with van der Waals surface area (Å²) in [4.78, 5) is 28.2. The van der Waals surface area contributed by atoms with E-state index in [0.29, 0.717) is 0 Å². The lowest BCUT2D eigenvalue weighted by molar-refractivity contribution is -0.125. The molecule has 0 spiro atoms. The Kier molecular flexibility index (Phi) is 2.47. The van der Waals surface area contributed by atoms with E-state index in [1.54, 1.807) is 18.2 Å². The first-order chi connectivity index (χ1) is 7.18. The van der Waals surface area contributed by atoms with Crippen molar-refractivity contribution in [1.29, 1.82) is 0 Å².